The number of carboxylic acid groups (broad SMARTS) is 1. The quantitative estimate of drug-likeness (QED) is 0.440. The van der Waals surface area contributed by atoms with Crippen molar-refractivity contribution in [1.29, 1.82) is 0 Å². The van der Waals surface area contributed by atoms with E-state index in [2.05, 4.69) is 26.7 Å². The number of H-pyrrole nitrogens is 1. The van der Waals surface area contributed by atoms with E-state index in [1.54, 1.807) is 25.4 Å². The van der Waals surface area contributed by atoms with E-state index in [-0.39, 0.29) is 0 Å². The van der Waals surface area contributed by atoms with E-state index >= 15 is 0 Å². The Kier molecular flexibility index (Phi) is 4.25. The van der Waals surface area contributed by atoms with Crippen molar-refractivity contribution in [2.75, 3.05) is 7.11 Å². The standard InChI is InChI=1S/C24H19N3O3/c1-30-18-8-9-21-17(11-18)13-22(20-12-15-6-4-10-25-23(15)26-20)27(21)14-16-5-2-3-7-19(16)24(28)29/h2-13H,14H2,1H3,(H,25,26)(H,28,29). The zero-order valence-electron chi connectivity index (χ0n) is 16.3. The minimum Gasteiger partial charge on any atom is -0.497 e. The Morgan fingerprint density at radius 1 is 1.07 bits per heavy atom. The molecule has 2 aromatic carbocycles. The van der Waals surface area contributed by atoms with Crippen molar-refractivity contribution in [3.8, 4) is 17.1 Å². The van der Waals surface area contributed by atoms with Gasteiger partial charge in [-0.05, 0) is 54.1 Å². The van der Waals surface area contributed by atoms with Gasteiger partial charge in [0.05, 0.1) is 24.1 Å². The summed E-state index contributed by atoms with van der Waals surface area (Å²) in [4.78, 5) is 19.5. The Hall–Kier alpha value is -4.06. The molecule has 30 heavy (non-hydrogen) atoms. The van der Waals surface area contributed by atoms with Crippen LogP contribution < -0.4 is 4.74 Å². The Morgan fingerprint density at radius 3 is 2.73 bits per heavy atom. The second kappa shape index (κ2) is 7.08. The number of methoxy groups -OCH3 is 1. The first-order valence-electron chi connectivity index (χ1n) is 9.56. The van der Waals surface area contributed by atoms with Crippen LogP contribution in [0.5, 0.6) is 5.75 Å². The first-order chi connectivity index (χ1) is 14.6. The molecule has 0 atom stereocenters. The zero-order valence-corrected chi connectivity index (χ0v) is 16.3. The summed E-state index contributed by atoms with van der Waals surface area (Å²) in [5, 5.41) is 11.7. The number of aromatic nitrogens is 3. The Balaban J connectivity index is 1.73. The van der Waals surface area contributed by atoms with Crippen molar-refractivity contribution >= 4 is 27.9 Å². The second-order valence-corrected chi connectivity index (χ2v) is 7.13. The van der Waals surface area contributed by atoms with E-state index < -0.39 is 5.97 Å². The number of carboxylic acids is 1. The molecule has 0 unspecified atom stereocenters. The highest BCUT2D eigenvalue weighted by atomic mass is 16.5. The van der Waals surface area contributed by atoms with E-state index in [1.807, 2.05) is 42.5 Å². The molecular formula is C24H19N3O3. The van der Waals surface area contributed by atoms with E-state index in [0.29, 0.717) is 12.1 Å². The van der Waals surface area contributed by atoms with Crippen LogP contribution in [0.2, 0.25) is 0 Å². The molecule has 0 spiro atoms. The van der Waals surface area contributed by atoms with Crippen LogP contribution >= 0.6 is 0 Å². The van der Waals surface area contributed by atoms with Gasteiger partial charge in [0.15, 0.2) is 0 Å². The minimum atomic E-state index is -0.930. The topological polar surface area (TPSA) is 80.1 Å². The summed E-state index contributed by atoms with van der Waals surface area (Å²) in [6.07, 6.45) is 1.76. The van der Waals surface area contributed by atoms with Gasteiger partial charge in [0.25, 0.3) is 0 Å². The number of carbonyl (C=O) groups is 1. The van der Waals surface area contributed by atoms with Gasteiger partial charge in [-0.2, -0.15) is 0 Å². The molecule has 0 amide bonds. The maximum atomic E-state index is 11.7. The largest absolute Gasteiger partial charge is 0.497 e. The lowest BCUT2D eigenvalue weighted by molar-refractivity contribution is 0.0695. The van der Waals surface area contributed by atoms with E-state index in [4.69, 9.17) is 4.74 Å². The number of pyridine rings is 1. The molecule has 5 rings (SSSR count). The summed E-state index contributed by atoms with van der Waals surface area (Å²) in [5.74, 6) is -0.157. The van der Waals surface area contributed by atoms with Gasteiger partial charge < -0.3 is 19.4 Å². The van der Waals surface area contributed by atoms with E-state index in [0.717, 1.165) is 44.6 Å². The van der Waals surface area contributed by atoms with Crippen LogP contribution in [0.1, 0.15) is 15.9 Å². The first-order valence-corrected chi connectivity index (χ1v) is 9.56. The molecule has 3 heterocycles. The monoisotopic (exact) mass is 397 g/mol. The Bertz CT molecular complexity index is 1360. The van der Waals surface area contributed by atoms with Gasteiger partial charge in [-0.25, -0.2) is 9.78 Å². The highest BCUT2D eigenvalue weighted by molar-refractivity contribution is 5.92. The van der Waals surface area contributed by atoms with E-state index in [9.17, 15) is 9.90 Å². The molecule has 0 saturated heterocycles. The first kappa shape index (κ1) is 18.0. The van der Waals surface area contributed by atoms with Crippen LogP contribution in [0.25, 0.3) is 33.3 Å². The normalized spacial score (nSPS) is 11.2. The van der Waals surface area contributed by atoms with Gasteiger partial charge in [0.2, 0.25) is 0 Å². The number of rotatable bonds is 5. The van der Waals surface area contributed by atoms with Crippen molar-refractivity contribution in [2.45, 2.75) is 6.54 Å². The lowest BCUT2D eigenvalue weighted by Crippen LogP contribution is -2.08. The fourth-order valence-electron chi connectivity index (χ4n) is 3.90. The molecule has 6 heteroatoms. The molecule has 0 aliphatic rings. The lowest BCUT2D eigenvalue weighted by atomic mass is 10.1. The van der Waals surface area contributed by atoms with Gasteiger partial charge in [-0.15, -0.1) is 0 Å². The highest BCUT2D eigenvalue weighted by Crippen LogP contribution is 2.32. The van der Waals surface area contributed by atoms with Gasteiger partial charge in [0, 0.05) is 29.0 Å². The summed E-state index contributed by atoms with van der Waals surface area (Å²) in [7, 11) is 1.64. The molecule has 0 fully saturated rings. The fraction of sp³-hybridized carbons (Fsp3) is 0.0833. The molecule has 0 saturated carbocycles. The van der Waals surface area contributed by atoms with Crippen LogP contribution in [0, 0.1) is 0 Å². The molecule has 0 aliphatic carbocycles. The number of benzene rings is 2. The number of nitrogens with one attached hydrogen (secondary N) is 1. The molecule has 148 valence electrons. The predicted octanol–water partition coefficient (Wildman–Crippen LogP) is 4.94. The lowest BCUT2D eigenvalue weighted by Gasteiger charge is -2.12. The maximum absolute atomic E-state index is 11.7. The number of aromatic carboxylic acids is 1. The SMILES string of the molecule is COc1ccc2c(c1)cc(-c1cc3cccnc3[nH]1)n2Cc1ccccc1C(=O)O. The Morgan fingerprint density at radius 2 is 1.93 bits per heavy atom. The number of hydrogen-bond acceptors (Lipinski definition) is 3. The second-order valence-electron chi connectivity index (χ2n) is 7.13. The molecule has 0 bridgehead atoms. The molecule has 5 aromatic rings. The summed E-state index contributed by atoms with van der Waals surface area (Å²) in [6.45, 7) is 0.427. The number of nitrogens with zero attached hydrogens (tertiary/aromatic N) is 2. The smallest absolute Gasteiger partial charge is 0.336 e. The molecule has 0 radical (unpaired) electrons. The maximum Gasteiger partial charge on any atom is 0.336 e. The third-order valence-corrected chi connectivity index (χ3v) is 5.35. The van der Waals surface area contributed by atoms with E-state index in [1.165, 1.54) is 0 Å². The van der Waals surface area contributed by atoms with Crippen molar-refractivity contribution in [3.63, 3.8) is 0 Å². The molecule has 0 aliphatic heterocycles. The summed E-state index contributed by atoms with van der Waals surface area (Å²) >= 11 is 0. The number of fused-ring (bicyclic) bond motifs is 2. The zero-order chi connectivity index (χ0) is 20.7. The van der Waals surface area contributed by atoms with Gasteiger partial charge in [-0.3, -0.25) is 0 Å². The summed E-state index contributed by atoms with van der Waals surface area (Å²) < 4.78 is 7.52. The van der Waals surface area contributed by atoms with Gasteiger partial charge >= 0.3 is 5.97 Å². The average Bonchev–Trinajstić information content (AvgIpc) is 3.35. The number of aromatic amines is 1. The minimum absolute atomic E-state index is 0.303. The van der Waals surface area contributed by atoms with Crippen molar-refractivity contribution in [3.05, 3.63) is 84.1 Å². The third kappa shape index (κ3) is 2.99. The summed E-state index contributed by atoms with van der Waals surface area (Å²) in [6, 6.07) is 21.1. The number of hydrogen-bond donors (Lipinski definition) is 2. The van der Waals surface area contributed by atoms with Crippen LogP contribution in [0.15, 0.2) is 72.9 Å². The van der Waals surface area contributed by atoms with Crippen LogP contribution in [-0.4, -0.2) is 32.7 Å². The molecule has 6 nitrogen and oxygen atoms in total. The van der Waals surface area contributed by atoms with Crippen molar-refractivity contribution in [2.24, 2.45) is 0 Å². The molecular weight excluding hydrogens is 378 g/mol. The third-order valence-electron chi connectivity index (χ3n) is 5.35. The number of ether oxygens (including phenoxy) is 1. The molecule has 2 N–H and O–H groups in total. The van der Waals surface area contributed by atoms with Crippen LogP contribution in [-0.2, 0) is 6.54 Å². The average molecular weight is 397 g/mol. The summed E-state index contributed by atoms with van der Waals surface area (Å²) in [5.41, 5.74) is 4.74. The van der Waals surface area contributed by atoms with Crippen molar-refractivity contribution in [1.82, 2.24) is 14.5 Å². The fourth-order valence-corrected chi connectivity index (χ4v) is 3.90. The predicted molar refractivity (Wildman–Crippen MR) is 116 cm³/mol. The Labute approximate surface area is 172 Å². The highest BCUT2D eigenvalue weighted by Gasteiger charge is 2.17. The van der Waals surface area contributed by atoms with Crippen LogP contribution in [0.4, 0.5) is 0 Å². The van der Waals surface area contributed by atoms with Crippen molar-refractivity contribution < 1.29 is 14.6 Å². The van der Waals surface area contributed by atoms with Crippen LogP contribution in [0.3, 0.4) is 0 Å². The van der Waals surface area contributed by atoms with Gasteiger partial charge in [0.1, 0.15) is 11.4 Å². The molecule has 3 aromatic heterocycles. The van der Waals surface area contributed by atoms with Gasteiger partial charge in [-0.1, -0.05) is 18.2 Å².